The molecule has 4 nitrogen and oxygen atoms in total. The molecule has 1 heterocycles. The SMILES string of the molecule is O=C(CCc1cc(-c2ccccc2)nc2ccccc12)NO. The van der Waals surface area contributed by atoms with E-state index in [9.17, 15) is 4.79 Å². The number of hydroxylamine groups is 1. The van der Waals surface area contributed by atoms with Crippen molar-refractivity contribution in [1.82, 2.24) is 10.5 Å². The zero-order valence-corrected chi connectivity index (χ0v) is 12.0. The fourth-order valence-electron chi connectivity index (χ4n) is 2.52. The quantitative estimate of drug-likeness (QED) is 0.572. The van der Waals surface area contributed by atoms with Crippen molar-refractivity contribution in [2.45, 2.75) is 12.8 Å². The molecule has 0 aliphatic carbocycles. The molecular formula is C18H16N2O2. The van der Waals surface area contributed by atoms with Crippen LogP contribution >= 0.6 is 0 Å². The molecule has 0 spiro atoms. The summed E-state index contributed by atoms with van der Waals surface area (Å²) in [6, 6.07) is 19.9. The molecule has 0 atom stereocenters. The van der Waals surface area contributed by atoms with E-state index in [1.807, 2.05) is 60.7 Å². The molecule has 3 rings (SSSR count). The summed E-state index contributed by atoms with van der Waals surface area (Å²) in [5.41, 5.74) is 5.56. The topological polar surface area (TPSA) is 62.2 Å². The number of hydrogen-bond acceptors (Lipinski definition) is 3. The van der Waals surface area contributed by atoms with Crippen molar-refractivity contribution < 1.29 is 10.0 Å². The van der Waals surface area contributed by atoms with Gasteiger partial charge in [0, 0.05) is 17.4 Å². The van der Waals surface area contributed by atoms with E-state index in [2.05, 4.69) is 0 Å². The predicted octanol–water partition coefficient (Wildman–Crippen LogP) is 3.34. The molecule has 0 bridgehead atoms. The smallest absolute Gasteiger partial charge is 0.243 e. The van der Waals surface area contributed by atoms with Crippen LogP contribution in [-0.4, -0.2) is 16.1 Å². The molecule has 0 radical (unpaired) electrons. The van der Waals surface area contributed by atoms with Crippen LogP contribution in [0.5, 0.6) is 0 Å². The molecule has 2 aromatic carbocycles. The first-order valence-corrected chi connectivity index (χ1v) is 7.15. The highest BCUT2D eigenvalue weighted by Gasteiger charge is 2.09. The van der Waals surface area contributed by atoms with Gasteiger partial charge >= 0.3 is 0 Å². The van der Waals surface area contributed by atoms with Gasteiger partial charge in [0.2, 0.25) is 5.91 Å². The molecule has 3 aromatic rings. The Kier molecular flexibility index (Phi) is 4.12. The molecule has 0 aliphatic rings. The first-order chi connectivity index (χ1) is 10.8. The van der Waals surface area contributed by atoms with Crippen molar-refractivity contribution in [2.24, 2.45) is 0 Å². The van der Waals surface area contributed by atoms with Crippen LogP contribution in [0.15, 0.2) is 60.7 Å². The monoisotopic (exact) mass is 292 g/mol. The van der Waals surface area contributed by atoms with Crippen LogP contribution in [0.2, 0.25) is 0 Å². The number of nitrogens with one attached hydrogen (secondary N) is 1. The van der Waals surface area contributed by atoms with Crippen LogP contribution in [0, 0.1) is 0 Å². The van der Waals surface area contributed by atoms with Crippen molar-refractivity contribution in [2.75, 3.05) is 0 Å². The normalized spacial score (nSPS) is 10.6. The fraction of sp³-hybridized carbons (Fsp3) is 0.111. The summed E-state index contributed by atoms with van der Waals surface area (Å²) < 4.78 is 0. The third kappa shape index (κ3) is 2.97. The van der Waals surface area contributed by atoms with E-state index in [-0.39, 0.29) is 12.3 Å². The molecule has 0 aliphatic heterocycles. The number of hydrogen-bond donors (Lipinski definition) is 2. The maximum absolute atomic E-state index is 11.3. The predicted molar refractivity (Wildman–Crippen MR) is 85.4 cm³/mol. The molecule has 0 unspecified atom stereocenters. The van der Waals surface area contributed by atoms with Gasteiger partial charge < -0.3 is 0 Å². The third-order valence-corrected chi connectivity index (χ3v) is 3.62. The number of aryl methyl sites for hydroxylation is 1. The lowest BCUT2D eigenvalue weighted by Gasteiger charge is -2.09. The first kappa shape index (κ1) is 14.2. The van der Waals surface area contributed by atoms with E-state index in [0.717, 1.165) is 27.7 Å². The lowest BCUT2D eigenvalue weighted by atomic mass is 10.0. The summed E-state index contributed by atoms with van der Waals surface area (Å²) in [7, 11) is 0. The summed E-state index contributed by atoms with van der Waals surface area (Å²) in [4.78, 5) is 16.0. The van der Waals surface area contributed by atoms with Gasteiger partial charge in [0.1, 0.15) is 0 Å². The van der Waals surface area contributed by atoms with Gasteiger partial charge in [-0.15, -0.1) is 0 Å². The number of carbonyl (C=O) groups is 1. The summed E-state index contributed by atoms with van der Waals surface area (Å²) in [6.45, 7) is 0. The maximum Gasteiger partial charge on any atom is 0.243 e. The fourth-order valence-corrected chi connectivity index (χ4v) is 2.52. The number of para-hydroxylation sites is 1. The van der Waals surface area contributed by atoms with Crippen molar-refractivity contribution in [3.63, 3.8) is 0 Å². The first-order valence-electron chi connectivity index (χ1n) is 7.15. The molecular weight excluding hydrogens is 276 g/mol. The summed E-state index contributed by atoms with van der Waals surface area (Å²) >= 11 is 0. The van der Waals surface area contributed by atoms with E-state index >= 15 is 0 Å². The van der Waals surface area contributed by atoms with Crippen LogP contribution in [0.25, 0.3) is 22.2 Å². The second kappa shape index (κ2) is 6.37. The second-order valence-corrected chi connectivity index (χ2v) is 5.08. The Morgan fingerprint density at radius 2 is 1.77 bits per heavy atom. The standard InChI is InChI=1S/C18H16N2O2/c21-18(20-22)11-10-14-12-17(13-6-2-1-3-7-13)19-16-9-5-4-8-15(14)16/h1-9,12,22H,10-11H2,(H,20,21). The lowest BCUT2D eigenvalue weighted by molar-refractivity contribution is -0.129. The lowest BCUT2D eigenvalue weighted by Crippen LogP contribution is -2.18. The van der Waals surface area contributed by atoms with Gasteiger partial charge in [0.25, 0.3) is 0 Å². The number of amides is 1. The van der Waals surface area contributed by atoms with E-state index < -0.39 is 0 Å². The third-order valence-electron chi connectivity index (χ3n) is 3.62. The van der Waals surface area contributed by atoms with Crippen molar-refractivity contribution >= 4 is 16.8 Å². The molecule has 2 N–H and O–H groups in total. The van der Waals surface area contributed by atoms with Crippen molar-refractivity contribution in [1.29, 1.82) is 0 Å². The number of carbonyl (C=O) groups excluding carboxylic acids is 1. The Hall–Kier alpha value is -2.72. The van der Waals surface area contributed by atoms with Gasteiger partial charge in [0.15, 0.2) is 0 Å². The van der Waals surface area contributed by atoms with Crippen molar-refractivity contribution in [3.8, 4) is 11.3 Å². The zero-order valence-electron chi connectivity index (χ0n) is 12.0. The van der Waals surface area contributed by atoms with Crippen LogP contribution in [-0.2, 0) is 11.2 Å². The number of aromatic nitrogens is 1. The van der Waals surface area contributed by atoms with E-state index in [4.69, 9.17) is 10.2 Å². The van der Waals surface area contributed by atoms with Crippen LogP contribution in [0.1, 0.15) is 12.0 Å². The Morgan fingerprint density at radius 1 is 1.05 bits per heavy atom. The Balaban J connectivity index is 2.06. The van der Waals surface area contributed by atoms with Gasteiger partial charge in [0.05, 0.1) is 11.2 Å². The summed E-state index contributed by atoms with van der Waals surface area (Å²) in [6.07, 6.45) is 0.786. The molecule has 4 heteroatoms. The molecule has 0 saturated heterocycles. The molecule has 1 aromatic heterocycles. The van der Waals surface area contributed by atoms with Gasteiger partial charge in [-0.25, -0.2) is 10.5 Å². The van der Waals surface area contributed by atoms with Gasteiger partial charge in [-0.05, 0) is 24.1 Å². The number of rotatable bonds is 4. The van der Waals surface area contributed by atoms with Crippen molar-refractivity contribution in [3.05, 3.63) is 66.2 Å². The minimum absolute atomic E-state index is 0.235. The molecule has 1 amide bonds. The number of fused-ring (bicyclic) bond motifs is 1. The Bertz CT molecular complexity index is 801. The van der Waals surface area contributed by atoms with Gasteiger partial charge in [-0.1, -0.05) is 48.5 Å². The molecule has 110 valence electrons. The maximum atomic E-state index is 11.3. The van der Waals surface area contributed by atoms with Gasteiger partial charge in [-0.3, -0.25) is 10.0 Å². The highest BCUT2D eigenvalue weighted by Crippen LogP contribution is 2.25. The largest absolute Gasteiger partial charge is 0.289 e. The Morgan fingerprint density at radius 3 is 2.55 bits per heavy atom. The highest BCUT2D eigenvalue weighted by molar-refractivity contribution is 5.86. The van der Waals surface area contributed by atoms with Gasteiger partial charge in [-0.2, -0.15) is 0 Å². The highest BCUT2D eigenvalue weighted by atomic mass is 16.5. The number of nitrogens with zero attached hydrogens (tertiary/aromatic N) is 1. The minimum atomic E-state index is -0.387. The van der Waals surface area contributed by atoms with E-state index in [1.165, 1.54) is 0 Å². The summed E-state index contributed by atoms with van der Waals surface area (Å²) in [5.74, 6) is -0.387. The molecule has 0 saturated carbocycles. The molecule has 22 heavy (non-hydrogen) atoms. The van der Waals surface area contributed by atoms with E-state index in [0.29, 0.717) is 6.42 Å². The average molecular weight is 292 g/mol. The zero-order chi connectivity index (χ0) is 15.4. The summed E-state index contributed by atoms with van der Waals surface area (Å²) in [5, 5.41) is 9.68. The van der Waals surface area contributed by atoms with Crippen LogP contribution < -0.4 is 5.48 Å². The number of benzene rings is 2. The average Bonchev–Trinajstić information content (AvgIpc) is 2.59. The number of pyridine rings is 1. The Labute approximate surface area is 128 Å². The van der Waals surface area contributed by atoms with E-state index in [1.54, 1.807) is 5.48 Å². The molecule has 0 fully saturated rings. The minimum Gasteiger partial charge on any atom is -0.289 e. The van der Waals surface area contributed by atoms with Crippen LogP contribution in [0.4, 0.5) is 0 Å². The van der Waals surface area contributed by atoms with Crippen LogP contribution in [0.3, 0.4) is 0 Å². The second-order valence-electron chi connectivity index (χ2n) is 5.08.